The van der Waals surface area contributed by atoms with Crippen LogP contribution in [0.5, 0.6) is 0 Å². The van der Waals surface area contributed by atoms with Gasteiger partial charge in [-0.1, -0.05) is 32.0 Å². The maximum Gasteiger partial charge on any atom is 0.337 e. The SMILES string of the molecule is CCC(CC)OC(=O)[C@H](Cc1ccc(-n2c(=O)c3ccncc3n(C)c2=O)nc1)NC(=O)c1cc(F)c(NS(=O)(=O)c2ccc(-c3cnc(COC)nc3)cc2)cc1F. The van der Waals surface area contributed by atoms with Crippen molar-refractivity contribution in [2.45, 2.75) is 56.8 Å². The quantitative estimate of drug-likeness (QED) is 0.140. The monoisotopic (exact) mass is 828 g/mol. The van der Waals surface area contributed by atoms with Crippen molar-refractivity contribution in [3.05, 3.63) is 135 Å². The number of ether oxygens (including phenoxy) is 2. The van der Waals surface area contributed by atoms with Gasteiger partial charge in [-0.25, -0.2) is 46.3 Å². The molecule has 0 aliphatic rings. The highest BCUT2D eigenvalue weighted by Crippen LogP contribution is 2.25. The first kappa shape index (κ1) is 41.9. The summed E-state index contributed by atoms with van der Waals surface area (Å²) in [6.45, 7) is 3.82. The molecule has 1 atom stereocenters. The molecule has 306 valence electrons. The Bertz CT molecular complexity index is 2740. The predicted octanol–water partition coefficient (Wildman–Crippen LogP) is 4.23. The number of rotatable bonds is 15. The average molecular weight is 829 g/mol. The number of halogens is 2. The third kappa shape index (κ3) is 9.21. The number of hydrogen-bond acceptors (Lipinski definition) is 12. The summed E-state index contributed by atoms with van der Waals surface area (Å²) >= 11 is 0. The number of fused-ring (bicyclic) bond motifs is 1. The largest absolute Gasteiger partial charge is 0.461 e. The van der Waals surface area contributed by atoms with E-state index in [1.165, 1.54) is 79.8 Å². The third-order valence-electron chi connectivity index (χ3n) is 9.36. The van der Waals surface area contributed by atoms with Crippen molar-refractivity contribution in [2.75, 3.05) is 11.8 Å². The number of amides is 1. The minimum Gasteiger partial charge on any atom is -0.461 e. The van der Waals surface area contributed by atoms with E-state index in [9.17, 15) is 27.6 Å². The van der Waals surface area contributed by atoms with Gasteiger partial charge in [0.05, 0.1) is 33.2 Å². The molecule has 2 aromatic carbocycles. The van der Waals surface area contributed by atoms with E-state index in [-0.39, 0.29) is 29.1 Å². The van der Waals surface area contributed by atoms with E-state index >= 15 is 8.78 Å². The molecule has 1 amide bonds. The lowest BCUT2D eigenvalue weighted by molar-refractivity contribution is -0.151. The number of hydrogen-bond donors (Lipinski definition) is 2. The van der Waals surface area contributed by atoms with Crippen LogP contribution in [0.25, 0.3) is 27.8 Å². The Hall–Kier alpha value is -6.73. The number of pyridine rings is 2. The summed E-state index contributed by atoms with van der Waals surface area (Å²) in [6, 6.07) is 9.47. The molecular weight excluding hydrogens is 791 g/mol. The minimum atomic E-state index is -4.43. The first-order valence-electron chi connectivity index (χ1n) is 18.2. The van der Waals surface area contributed by atoms with Crippen molar-refractivity contribution in [1.82, 2.24) is 34.4 Å². The highest BCUT2D eigenvalue weighted by molar-refractivity contribution is 7.92. The molecule has 19 heteroatoms. The van der Waals surface area contributed by atoms with Crippen LogP contribution in [0.2, 0.25) is 0 Å². The van der Waals surface area contributed by atoms with Crippen LogP contribution < -0.4 is 21.3 Å². The van der Waals surface area contributed by atoms with Crippen molar-refractivity contribution in [3.63, 3.8) is 0 Å². The Morgan fingerprint density at radius 3 is 2.24 bits per heavy atom. The minimum absolute atomic E-state index is 0.0112. The summed E-state index contributed by atoms with van der Waals surface area (Å²) in [5.74, 6) is -4.16. The van der Waals surface area contributed by atoms with E-state index in [4.69, 9.17) is 9.47 Å². The summed E-state index contributed by atoms with van der Waals surface area (Å²) in [7, 11) is -1.44. The van der Waals surface area contributed by atoms with E-state index in [1.807, 2.05) is 4.72 Å². The second-order valence-electron chi connectivity index (χ2n) is 13.3. The number of esters is 1. The van der Waals surface area contributed by atoms with Crippen molar-refractivity contribution in [3.8, 4) is 16.9 Å². The van der Waals surface area contributed by atoms with Gasteiger partial charge in [0.15, 0.2) is 5.82 Å². The lowest BCUT2D eigenvalue weighted by Crippen LogP contribution is -2.44. The molecule has 2 N–H and O–H groups in total. The average Bonchev–Trinajstić information content (AvgIpc) is 3.23. The maximum absolute atomic E-state index is 15.5. The second-order valence-corrected chi connectivity index (χ2v) is 15.0. The van der Waals surface area contributed by atoms with E-state index in [0.717, 1.165) is 4.57 Å². The number of nitrogens with zero attached hydrogens (tertiary/aromatic N) is 6. The van der Waals surface area contributed by atoms with Gasteiger partial charge in [-0.2, -0.15) is 0 Å². The van der Waals surface area contributed by atoms with Gasteiger partial charge < -0.3 is 14.8 Å². The molecule has 6 rings (SSSR count). The van der Waals surface area contributed by atoms with Gasteiger partial charge in [0.1, 0.15) is 36.2 Å². The normalized spacial score (nSPS) is 12.1. The molecule has 0 saturated heterocycles. The zero-order valence-corrected chi connectivity index (χ0v) is 33.0. The molecule has 0 spiro atoms. The fraction of sp³-hybridized carbons (Fsp3) is 0.250. The number of carbonyl (C=O) groups is 2. The molecule has 16 nitrogen and oxygen atoms in total. The highest BCUT2D eigenvalue weighted by atomic mass is 32.2. The summed E-state index contributed by atoms with van der Waals surface area (Å²) in [6.07, 6.45) is 7.39. The van der Waals surface area contributed by atoms with Gasteiger partial charge in [0.25, 0.3) is 21.5 Å². The summed E-state index contributed by atoms with van der Waals surface area (Å²) in [4.78, 5) is 69.5. The fourth-order valence-corrected chi connectivity index (χ4v) is 7.13. The number of benzene rings is 2. The first-order chi connectivity index (χ1) is 28.2. The van der Waals surface area contributed by atoms with Gasteiger partial charge in [-0.05, 0) is 54.3 Å². The Kier molecular flexibility index (Phi) is 12.7. The van der Waals surface area contributed by atoms with Crippen molar-refractivity contribution >= 4 is 38.5 Å². The van der Waals surface area contributed by atoms with Crippen LogP contribution in [0.4, 0.5) is 14.5 Å². The van der Waals surface area contributed by atoms with Gasteiger partial charge in [0.2, 0.25) is 0 Å². The third-order valence-corrected chi connectivity index (χ3v) is 10.7. The van der Waals surface area contributed by atoms with Crippen LogP contribution in [0, 0.1) is 11.6 Å². The summed E-state index contributed by atoms with van der Waals surface area (Å²) in [5, 5.41) is 2.63. The van der Waals surface area contributed by atoms with Crippen LogP contribution in [0.1, 0.15) is 48.4 Å². The maximum atomic E-state index is 15.5. The molecule has 4 aromatic heterocycles. The van der Waals surface area contributed by atoms with Gasteiger partial charge in [-0.15, -0.1) is 0 Å². The first-order valence-corrected chi connectivity index (χ1v) is 19.7. The number of methoxy groups -OCH3 is 1. The lowest BCUT2D eigenvalue weighted by Gasteiger charge is -2.22. The van der Waals surface area contributed by atoms with Gasteiger partial charge >= 0.3 is 11.7 Å². The van der Waals surface area contributed by atoms with Crippen LogP contribution in [-0.2, 0) is 44.4 Å². The van der Waals surface area contributed by atoms with Crippen molar-refractivity contribution in [1.29, 1.82) is 0 Å². The van der Waals surface area contributed by atoms with Gasteiger partial charge in [0, 0.05) is 57.0 Å². The zero-order chi connectivity index (χ0) is 42.4. The van der Waals surface area contributed by atoms with Crippen LogP contribution in [-0.4, -0.2) is 68.6 Å². The molecule has 0 fully saturated rings. The molecule has 6 aromatic rings. The van der Waals surface area contributed by atoms with Crippen LogP contribution >= 0.6 is 0 Å². The highest BCUT2D eigenvalue weighted by Gasteiger charge is 2.28. The van der Waals surface area contributed by atoms with Gasteiger partial charge in [-0.3, -0.25) is 23.9 Å². The van der Waals surface area contributed by atoms with E-state index in [2.05, 4.69) is 25.3 Å². The topological polar surface area (TPSA) is 206 Å². The number of carbonyl (C=O) groups excluding carboxylic acids is 2. The molecule has 0 bridgehead atoms. The molecule has 0 radical (unpaired) electrons. The Balaban J connectivity index is 1.20. The van der Waals surface area contributed by atoms with Crippen molar-refractivity contribution < 1.29 is 36.3 Å². The van der Waals surface area contributed by atoms with Crippen LogP contribution in [0.15, 0.2) is 100 Å². The zero-order valence-electron chi connectivity index (χ0n) is 32.2. The summed E-state index contributed by atoms with van der Waals surface area (Å²) < 4.78 is 72.0. The molecule has 0 unspecified atom stereocenters. The smallest absolute Gasteiger partial charge is 0.337 e. The molecular formula is C40H38F2N8O8S. The number of aryl methyl sites for hydroxylation is 1. The molecule has 0 aliphatic heterocycles. The van der Waals surface area contributed by atoms with Crippen LogP contribution in [0.3, 0.4) is 0 Å². The summed E-state index contributed by atoms with van der Waals surface area (Å²) in [5.41, 5.74) is -0.992. The molecule has 59 heavy (non-hydrogen) atoms. The number of sulfonamides is 1. The standard InChI is InChI=1S/C40H38F2N8O8S/c1-5-26(6-2)58-39(53)33(15-23-7-12-36(46-18-23)50-38(52)28-13-14-43-21-34(28)49(3)40(50)54)47-37(51)29-16-31(42)32(17-30(29)41)48-59(55,56)27-10-8-24(9-11-27)25-19-44-35(22-57-4)45-20-25/h7-14,16-21,26,33,48H,5-6,15,22H2,1-4H3,(H,47,51)/t33-/m0/s1. The van der Waals surface area contributed by atoms with Crippen molar-refractivity contribution in [2.24, 2.45) is 7.05 Å². The van der Waals surface area contributed by atoms with E-state index < -0.39 is 68.2 Å². The Morgan fingerprint density at radius 1 is 0.881 bits per heavy atom. The molecule has 0 aliphatic carbocycles. The number of anilines is 1. The second kappa shape index (κ2) is 17.8. The number of aromatic nitrogens is 6. The fourth-order valence-electron chi connectivity index (χ4n) is 6.07. The number of nitrogens with one attached hydrogen (secondary N) is 2. The predicted molar refractivity (Wildman–Crippen MR) is 211 cm³/mol. The molecule has 0 saturated carbocycles. The van der Waals surface area contributed by atoms with E-state index in [0.29, 0.717) is 53.0 Å². The Morgan fingerprint density at radius 2 is 1.59 bits per heavy atom. The lowest BCUT2D eigenvalue weighted by atomic mass is 10.1. The van der Waals surface area contributed by atoms with E-state index in [1.54, 1.807) is 26.2 Å². The molecule has 4 heterocycles. The Labute approximate surface area is 336 Å².